The van der Waals surface area contributed by atoms with E-state index in [1.165, 1.54) is 5.56 Å². The summed E-state index contributed by atoms with van der Waals surface area (Å²) in [6.07, 6.45) is 1.03. The van der Waals surface area contributed by atoms with Gasteiger partial charge in [-0.05, 0) is 69.4 Å². The minimum absolute atomic E-state index is 0.0926. The van der Waals surface area contributed by atoms with Crippen LogP contribution in [0.2, 0.25) is 0 Å². The summed E-state index contributed by atoms with van der Waals surface area (Å²) >= 11 is 0. The zero-order chi connectivity index (χ0) is 20.9. The van der Waals surface area contributed by atoms with Crippen molar-refractivity contribution in [2.24, 2.45) is 5.92 Å². The van der Waals surface area contributed by atoms with Crippen LogP contribution in [-0.2, 0) is 11.2 Å². The Morgan fingerprint density at radius 1 is 0.964 bits per heavy atom. The predicted octanol–water partition coefficient (Wildman–Crippen LogP) is 5.16. The van der Waals surface area contributed by atoms with Crippen LogP contribution in [0.4, 0.5) is 5.69 Å². The zero-order valence-electron chi connectivity index (χ0n) is 17.8. The number of carbonyl (C=O) groups is 2. The number of amides is 2. The van der Waals surface area contributed by atoms with Crippen molar-refractivity contribution >= 4 is 17.5 Å². The monoisotopic (exact) mass is 380 g/mol. The van der Waals surface area contributed by atoms with Gasteiger partial charge in [-0.2, -0.15) is 0 Å². The van der Waals surface area contributed by atoms with E-state index in [4.69, 9.17) is 0 Å². The molecule has 2 aromatic rings. The molecule has 1 atom stereocenters. The number of hydrogen-bond acceptors (Lipinski definition) is 2. The SMILES string of the molecule is CC(C)Cc1ccc(C(C)C(=O)Nc2cccc(C(=O)NC(C)(C)C)c2)cc1. The Balaban J connectivity index is 2.05. The molecule has 0 bridgehead atoms. The van der Waals surface area contributed by atoms with Crippen LogP contribution in [0, 0.1) is 5.92 Å². The Morgan fingerprint density at radius 2 is 1.61 bits per heavy atom. The van der Waals surface area contributed by atoms with E-state index in [2.05, 4.69) is 36.6 Å². The molecule has 0 aliphatic rings. The van der Waals surface area contributed by atoms with Gasteiger partial charge in [-0.15, -0.1) is 0 Å². The lowest BCUT2D eigenvalue weighted by molar-refractivity contribution is -0.117. The molecule has 1 unspecified atom stereocenters. The van der Waals surface area contributed by atoms with Crippen molar-refractivity contribution in [1.82, 2.24) is 5.32 Å². The lowest BCUT2D eigenvalue weighted by atomic mass is 9.96. The standard InChI is InChI=1S/C24H32N2O2/c1-16(2)14-18-10-12-19(13-11-18)17(3)22(27)25-21-9-7-8-20(15-21)23(28)26-24(4,5)6/h7-13,15-17H,14H2,1-6H3,(H,25,27)(H,26,28). The highest BCUT2D eigenvalue weighted by Gasteiger charge is 2.18. The highest BCUT2D eigenvalue weighted by molar-refractivity contribution is 5.99. The fourth-order valence-electron chi connectivity index (χ4n) is 2.97. The van der Waals surface area contributed by atoms with Crippen molar-refractivity contribution in [2.75, 3.05) is 5.32 Å². The van der Waals surface area contributed by atoms with Gasteiger partial charge in [0.1, 0.15) is 0 Å². The van der Waals surface area contributed by atoms with Crippen molar-refractivity contribution in [2.45, 2.75) is 59.4 Å². The topological polar surface area (TPSA) is 58.2 Å². The quantitative estimate of drug-likeness (QED) is 0.727. The van der Waals surface area contributed by atoms with Crippen LogP contribution in [0.15, 0.2) is 48.5 Å². The molecule has 0 radical (unpaired) electrons. The van der Waals surface area contributed by atoms with Crippen LogP contribution in [0.5, 0.6) is 0 Å². The highest BCUT2D eigenvalue weighted by atomic mass is 16.2. The molecule has 0 aromatic heterocycles. The first-order chi connectivity index (χ1) is 13.0. The van der Waals surface area contributed by atoms with Gasteiger partial charge in [0.2, 0.25) is 5.91 Å². The van der Waals surface area contributed by atoms with Crippen LogP contribution < -0.4 is 10.6 Å². The zero-order valence-corrected chi connectivity index (χ0v) is 17.8. The third-order valence-corrected chi connectivity index (χ3v) is 4.40. The summed E-state index contributed by atoms with van der Waals surface area (Å²) in [4.78, 5) is 25.0. The molecule has 150 valence electrons. The van der Waals surface area contributed by atoms with E-state index in [0.29, 0.717) is 17.2 Å². The fourth-order valence-corrected chi connectivity index (χ4v) is 2.97. The minimum atomic E-state index is -0.313. The van der Waals surface area contributed by atoms with Gasteiger partial charge in [0.05, 0.1) is 5.92 Å². The lowest BCUT2D eigenvalue weighted by Gasteiger charge is -2.20. The van der Waals surface area contributed by atoms with Gasteiger partial charge in [-0.1, -0.05) is 44.2 Å². The van der Waals surface area contributed by atoms with Gasteiger partial charge in [0.15, 0.2) is 0 Å². The Hall–Kier alpha value is -2.62. The second-order valence-corrected chi connectivity index (χ2v) is 8.84. The van der Waals surface area contributed by atoms with Crippen molar-refractivity contribution in [1.29, 1.82) is 0 Å². The van der Waals surface area contributed by atoms with Crippen LogP contribution in [0.25, 0.3) is 0 Å². The van der Waals surface area contributed by atoms with Gasteiger partial charge < -0.3 is 10.6 Å². The summed E-state index contributed by atoms with van der Waals surface area (Å²) in [5.41, 5.74) is 3.09. The van der Waals surface area contributed by atoms with Crippen LogP contribution in [-0.4, -0.2) is 17.4 Å². The van der Waals surface area contributed by atoms with Gasteiger partial charge >= 0.3 is 0 Å². The molecular formula is C24H32N2O2. The fraction of sp³-hybridized carbons (Fsp3) is 0.417. The molecule has 0 aliphatic heterocycles. The smallest absolute Gasteiger partial charge is 0.251 e. The summed E-state index contributed by atoms with van der Waals surface area (Å²) < 4.78 is 0. The molecule has 2 aromatic carbocycles. The molecule has 0 heterocycles. The van der Waals surface area contributed by atoms with Gasteiger partial charge in [-0.3, -0.25) is 9.59 Å². The molecule has 0 spiro atoms. The number of carbonyl (C=O) groups excluding carboxylic acids is 2. The molecule has 0 aliphatic carbocycles. The molecule has 2 rings (SSSR count). The molecule has 2 amide bonds. The Bertz CT molecular complexity index is 817. The van der Waals surface area contributed by atoms with Gasteiger partial charge in [-0.25, -0.2) is 0 Å². The number of nitrogens with one attached hydrogen (secondary N) is 2. The third kappa shape index (κ3) is 6.52. The Kier molecular flexibility index (Phi) is 7.00. The Morgan fingerprint density at radius 3 is 2.18 bits per heavy atom. The maximum Gasteiger partial charge on any atom is 0.251 e. The summed E-state index contributed by atoms with van der Waals surface area (Å²) in [5, 5.41) is 5.86. The number of benzene rings is 2. The van der Waals surface area contributed by atoms with E-state index in [1.807, 2.05) is 39.8 Å². The summed E-state index contributed by atoms with van der Waals surface area (Å²) in [6, 6.07) is 15.3. The molecule has 0 saturated heterocycles. The first kappa shape index (κ1) is 21.7. The predicted molar refractivity (Wildman–Crippen MR) is 116 cm³/mol. The van der Waals surface area contributed by atoms with Gasteiger partial charge in [0, 0.05) is 16.8 Å². The third-order valence-electron chi connectivity index (χ3n) is 4.40. The van der Waals surface area contributed by atoms with E-state index in [-0.39, 0.29) is 23.3 Å². The van der Waals surface area contributed by atoms with Crippen LogP contribution >= 0.6 is 0 Å². The maximum absolute atomic E-state index is 12.7. The Labute approximate surface area is 168 Å². The van der Waals surface area contributed by atoms with E-state index >= 15 is 0 Å². The molecule has 4 nitrogen and oxygen atoms in total. The molecule has 28 heavy (non-hydrogen) atoms. The molecule has 4 heteroatoms. The maximum atomic E-state index is 12.7. The second-order valence-electron chi connectivity index (χ2n) is 8.84. The van der Waals surface area contributed by atoms with Crippen molar-refractivity contribution in [3.63, 3.8) is 0 Å². The van der Waals surface area contributed by atoms with E-state index in [9.17, 15) is 9.59 Å². The number of anilines is 1. The highest BCUT2D eigenvalue weighted by Crippen LogP contribution is 2.20. The average Bonchev–Trinajstić information content (AvgIpc) is 2.60. The normalized spacial score (nSPS) is 12.5. The van der Waals surface area contributed by atoms with Crippen molar-refractivity contribution in [3.05, 3.63) is 65.2 Å². The molecule has 2 N–H and O–H groups in total. The number of rotatable bonds is 6. The first-order valence-corrected chi connectivity index (χ1v) is 9.87. The lowest BCUT2D eigenvalue weighted by Crippen LogP contribution is -2.40. The molecule has 0 fully saturated rings. The molecule has 0 saturated carbocycles. The second kappa shape index (κ2) is 9.05. The molecular weight excluding hydrogens is 348 g/mol. The average molecular weight is 381 g/mol. The summed E-state index contributed by atoms with van der Waals surface area (Å²) in [7, 11) is 0. The first-order valence-electron chi connectivity index (χ1n) is 9.87. The van der Waals surface area contributed by atoms with Crippen LogP contribution in [0.1, 0.15) is 68.9 Å². The van der Waals surface area contributed by atoms with E-state index < -0.39 is 0 Å². The van der Waals surface area contributed by atoms with E-state index in [0.717, 1.165) is 12.0 Å². The summed E-state index contributed by atoms with van der Waals surface area (Å²) in [5.74, 6) is 0.0804. The van der Waals surface area contributed by atoms with E-state index in [1.54, 1.807) is 24.3 Å². The van der Waals surface area contributed by atoms with Gasteiger partial charge in [0.25, 0.3) is 5.91 Å². The number of hydrogen-bond donors (Lipinski definition) is 2. The van der Waals surface area contributed by atoms with Crippen molar-refractivity contribution < 1.29 is 9.59 Å². The summed E-state index contributed by atoms with van der Waals surface area (Å²) in [6.45, 7) is 12.1. The largest absolute Gasteiger partial charge is 0.347 e. The van der Waals surface area contributed by atoms with Crippen molar-refractivity contribution in [3.8, 4) is 0 Å². The van der Waals surface area contributed by atoms with Crippen LogP contribution in [0.3, 0.4) is 0 Å². The minimum Gasteiger partial charge on any atom is -0.347 e.